The van der Waals surface area contributed by atoms with Crippen LogP contribution in [0.3, 0.4) is 0 Å². The standard InChI is InChI=1S/C15H18N2O/c1-11-8-13(10-16)9-12(2)15(11)18-7-3-4-14-5-6-17-14/h5-6,8,12H,3-4,7,9H2,1-2H3. The second-order valence-corrected chi connectivity index (χ2v) is 4.82. The van der Waals surface area contributed by atoms with E-state index in [9.17, 15) is 0 Å². The Balaban J connectivity index is 1.83. The molecule has 0 saturated heterocycles. The van der Waals surface area contributed by atoms with E-state index in [-0.39, 0.29) is 0 Å². The van der Waals surface area contributed by atoms with Gasteiger partial charge in [0.1, 0.15) is 5.76 Å². The van der Waals surface area contributed by atoms with Crippen molar-refractivity contribution >= 4 is 6.21 Å². The molecule has 0 spiro atoms. The third-order valence-corrected chi connectivity index (χ3v) is 3.24. The maximum absolute atomic E-state index is 8.92. The van der Waals surface area contributed by atoms with Crippen molar-refractivity contribution in [3.05, 3.63) is 34.8 Å². The fourth-order valence-electron chi connectivity index (χ4n) is 2.30. The normalized spacial score (nSPS) is 21.9. The third-order valence-electron chi connectivity index (χ3n) is 3.24. The zero-order chi connectivity index (χ0) is 13.0. The average Bonchev–Trinajstić information content (AvgIpc) is 2.29. The summed E-state index contributed by atoms with van der Waals surface area (Å²) in [6.07, 6.45) is 8.56. The maximum Gasteiger partial charge on any atom is 0.102 e. The van der Waals surface area contributed by atoms with Crippen molar-refractivity contribution < 1.29 is 4.74 Å². The first kappa shape index (κ1) is 12.6. The largest absolute Gasteiger partial charge is 0.497 e. The smallest absolute Gasteiger partial charge is 0.102 e. The maximum atomic E-state index is 8.92. The molecule has 1 unspecified atom stereocenters. The lowest BCUT2D eigenvalue weighted by molar-refractivity contribution is 0.173. The fraction of sp³-hybridized carbons (Fsp3) is 0.467. The molecule has 2 rings (SSSR count). The van der Waals surface area contributed by atoms with Crippen LogP contribution in [0.25, 0.3) is 0 Å². The highest BCUT2D eigenvalue weighted by Gasteiger charge is 2.19. The highest BCUT2D eigenvalue weighted by molar-refractivity contribution is 5.79. The topological polar surface area (TPSA) is 45.4 Å². The minimum Gasteiger partial charge on any atom is -0.497 e. The van der Waals surface area contributed by atoms with Gasteiger partial charge in [-0.3, -0.25) is 4.99 Å². The molecule has 1 aliphatic heterocycles. The number of nitrogens with zero attached hydrogens (tertiary/aromatic N) is 2. The van der Waals surface area contributed by atoms with Gasteiger partial charge in [0.2, 0.25) is 0 Å². The molecule has 0 aromatic carbocycles. The third kappa shape index (κ3) is 2.89. The number of aliphatic imine (C=N–C) groups is 1. The Morgan fingerprint density at radius 1 is 1.56 bits per heavy atom. The summed E-state index contributed by atoms with van der Waals surface area (Å²) in [5, 5.41) is 8.92. The van der Waals surface area contributed by atoms with E-state index in [4.69, 9.17) is 10.00 Å². The van der Waals surface area contributed by atoms with Gasteiger partial charge in [-0.25, -0.2) is 0 Å². The molecule has 2 aliphatic rings. The number of nitriles is 1. The molecule has 1 atom stereocenters. The fourth-order valence-corrected chi connectivity index (χ4v) is 2.30. The van der Waals surface area contributed by atoms with Crippen LogP contribution in [0.2, 0.25) is 0 Å². The molecule has 0 aromatic heterocycles. The molecule has 0 aromatic rings. The van der Waals surface area contributed by atoms with Crippen molar-refractivity contribution in [1.29, 1.82) is 5.26 Å². The lowest BCUT2D eigenvalue weighted by Gasteiger charge is -2.22. The minimum atomic E-state index is 0.311. The number of rotatable bonds is 5. The molecule has 0 amide bonds. The minimum absolute atomic E-state index is 0.311. The molecule has 1 aliphatic carbocycles. The highest BCUT2D eigenvalue weighted by Crippen LogP contribution is 2.30. The number of allylic oxidation sites excluding steroid dienone is 6. The molecule has 0 bridgehead atoms. The molecule has 0 fully saturated rings. The van der Waals surface area contributed by atoms with Gasteiger partial charge in [-0.05, 0) is 43.9 Å². The summed E-state index contributed by atoms with van der Waals surface area (Å²) in [4.78, 5) is 4.13. The Labute approximate surface area is 108 Å². The summed E-state index contributed by atoms with van der Waals surface area (Å²) in [6.45, 7) is 4.85. The summed E-state index contributed by atoms with van der Waals surface area (Å²) in [7, 11) is 0. The van der Waals surface area contributed by atoms with Crippen LogP contribution in [0.5, 0.6) is 0 Å². The summed E-state index contributed by atoms with van der Waals surface area (Å²) in [5.74, 6) is 1.35. The summed E-state index contributed by atoms with van der Waals surface area (Å²) in [6, 6.07) is 2.23. The number of ether oxygens (including phenoxy) is 1. The summed E-state index contributed by atoms with van der Waals surface area (Å²) < 4.78 is 5.87. The number of hydrogen-bond acceptors (Lipinski definition) is 3. The molecule has 94 valence electrons. The van der Waals surface area contributed by atoms with Crippen LogP contribution in [0.4, 0.5) is 0 Å². The van der Waals surface area contributed by atoms with E-state index >= 15 is 0 Å². The van der Waals surface area contributed by atoms with Crippen molar-refractivity contribution in [2.24, 2.45) is 10.9 Å². The Morgan fingerprint density at radius 2 is 2.33 bits per heavy atom. The molecule has 0 saturated carbocycles. The van der Waals surface area contributed by atoms with Crippen LogP contribution < -0.4 is 0 Å². The van der Waals surface area contributed by atoms with Gasteiger partial charge in [0, 0.05) is 23.4 Å². The zero-order valence-corrected chi connectivity index (χ0v) is 10.9. The molecule has 1 heterocycles. The Kier molecular flexibility index (Phi) is 3.99. The van der Waals surface area contributed by atoms with Gasteiger partial charge in [0.05, 0.1) is 12.7 Å². The molecule has 0 N–H and O–H groups in total. The first-order chi connectivity index (χ1) is 8.70. The second kappa shape index (κ2) is 5.68. The Bertz CT molecular complexity index is 489. The molecule has 3 heteroatoms. The Hall–Kier alpha value is -1.82. The predicted molar refractivity (Wildman–Crippen MR) is 71.9 cm³/mol. The molecule has 0 radical (unpaired) electrons. The average molecular weight is 242 g/mol. The van der Waals surface area contributed by atoms with Gasteiger partial charge < -0.3 is 4.74 Å². The van der Waals surface area contributed by atoms with Gasteiger partial charge in [-0.1, -0.05) is 6.92 Å². The monoisotopic (exact) mass is 242 g/mol. The van der Waals surface area contributed by atoms with Crippen molar-refractivity contribution in [3.63, 3.8) is 0 Å². The van der Waals surface area contributed by atoms with Crippen LogP contribution in [0.1, 0.15) is 33.1 Å². The quantitative estimate of drug-likeness (QED) is 0.692. The van der Waals surface area contributed by atoms with Crippen LogP contribution in [0, 0.1) is 17.2 Å². The van der Waals surface area contributed by atoms with E-state index in [1.807, 2.05) is 25.3 Å². The van der Waals surface area contributed by atoms with Crippen LogP contribution >= 0.6 is 0 Å². The van der Waals surface area contributed by atoms with Gasteiger partial charge in [0.15, 0.2) is 0 Å². The number of hydrogen-bond donors (Lipinski definition) is 0. The summed E-state index contributed by atoms with van der Waals surface area (Å²) >= 11 is 0. The predicted octanol–water partition coefficient (Wildman–Crippen LogP) is 3.52. The molecule has 3 nitrogen and oxygen atoms in total. The van der Waals surface area contributed by atoms with E-state index in [2.05, 4.69) is 18.0 Å². The van der Waals surface area contributed by atoms with Crippen LogP contribution in [-0.4, -0.2) is 12.8 Å². The van der Waals surface area contributed by atoms with Crippen molar-refractivity contribution in [2.75, 3.05) is 6.61 Å². The van der Waals surface area contributed by atoms with E-state index in [1.165, 1.54) is 0 Å². The van der Waals surface area contributed by atoms with E-state index in [0.717, 1.165) is 48.5 Å². The van der Waals surface area contributed by atoms with Gasteiger partial charge in [-0.2, -0.15) is 5.26 Å². The molecular weight excluding hydrogens is 224 g/mol. The first-order valence-corrected chi connectivity index (χ1v) is 6.38. The lowest BCUT2D eigenvalue weighted by atomic mass is 9.91. The SMILES string of the molecule is CC1=C(OCCCC2=CC=N2)C(C)CC(C#N)=C1. The molecule has 18 heavy (non-hydrogen) atoms. The van der Waals surface area contributed by atoms with E-state index in [0.29, 0.717) is 5.92 Å². The van der Waals surface area contributed by atoms with Crippen molar-refractivity contribution in [1.82, 2.24) is 0 Å². The van der Waals surface area contributed by atoms with E-state index < -0.39 is 0 Å². The van der Waals surface area contributed by atoms with Gasteiger partial charge in [-0.15, -0.1) is 0 Å². The highest BCUT2D eigenvalue weighted by atomic mass is 16.5. The van der Waals surface area contributed by atoms with Gasteiger partial charge in [0.25, 0.3) is 0 Å². The van der Waals surface area contributed by atoms with Crippen LogP contribution in [0.15, 0.2) is 39.7 Å². The summed E-state index contributed by atoms with van der Waals surface area (Å²) in [5.41, 5.74) is 3.10. The van der Waals surface area contributed by atoms with Gasteiger partial charge >= 0.3 is 0 Å². The van der Waals surface area contributed by atoms with E-state index in [1.54, 1.807) is 0 Å². The molecular formula is C15H18N2O. The van der Waals surface area contributed by atoms with Crippen molar-refractivity contribution in [2.45, 2.75) is 33.1 Å². The first-order valence-electron chi connectivity index (χ1n) is 6.38. The Morgan fingerprint density at radius 3 is 2.89 bits per heavy atom. The zero-order valence-electron chi connectivity index (χ0n) is 10.9. The van der Waals surface area contributed by atoms with Crippen molar-refractivity contribution in [3.8, 4) is 6.07 Å². The lowest BCUT2D eigenvalue weighted by Crippen LogP contribution is -2.11. The van der Waals surface area contributed by atoms with Crippen LogP contribution in [-0.2, 0) is 4.74 Å². The second-order valence-electron chi connectivity index (χ2n) is 4.82.